The molecule has 1 aromatic rings. The van der Waals surface area contributed by atoms with Crippen LogP contribution in [0.4, 0.5) is 0 Å². The van der Waals surface area contributed by atoms with E-state index in [1.165, 1.54) is 23.0 Å². The monoisotopic (exact) mass is 310 g/mol. The highest BCUT2D eigenvalue weighted by atomic mass is 32.2. The number of rotatable bonds is 2. The fraction of sp³-hybridized carbons (Fsp3) is 0.667. The van der Waals surface area contributed by atoms with Gasteiger partial charge in [0.25, 0.3) is 0 Å². The summed E-state index contributed by atoms with van der Waals surface area (Å²) in [7, 11) is 0. The molecule has 0 radical (unpaired) electrons. The summed E-state index contributed by atoms with van der Waals surface area (Å²) < 4.78 is 0. The first-order chi connectivity index (χ1) is 9.78. The van der Waals surface area contributed by atoms with Crippen LogP contribution in [-0.4, -0.2) is 57.1 Å². The number of aromatic nitrogens is 1. The Morgan fingerprint density at radius 1 is 1.15 bits per heavy atom. The van der Waals surface area contributed by atoms with E-state index in [1.807, 2.05) is 18.2 Å². The topological polar surface area (TPSA) is 36.4 Å². The minimum Gasteiger partial charge on any atom is -0.383 e. The molecule has 0 aromatic carbocycles. The van der Waals surface area contributed by atoms with Crippen LogP contribution in [0.5, 0.6) is 0 Å². The van der Waals surface area contributed by atoms with E-state index in [0.717, 1.165) is 31.6 Å². The lowest BCUT2D eigenvalue weighted by Crippen LogP contribution is -2.48. The Bertz CT molecular complexity index is 413. The van der Waals surface area contributed by atoms with Crippen molar-refractivity contribution in [3.05, 3.63) is 30.1 Å². The third-order valence-corrected chi connectivity index (χ3v) is 6.76. The first-order valence-electron chi connectivity index (χ1n) is 7.31. The number of pyridine rings is 1. The first kappa shape index (κ1) is 14.7. The van der Waals surface area contributed by atoms with Crippen LogP contribution in [0.2, 0.25) is 0 Å². The summed E-state index contributed by atoms with van der Waals surface area (Å²) in [6.45, 7) is 1.97. The van der Waals surface area contributed by atoms with Crippen LogP contribution in [0.3, 0.4) is 0 Å². The minimum absolute atomic E-state index is 0.681. The number of nitrogens with zero attached hydrogens (tertiary/aromatic N) is 2. The molecule has 0 amide bonds. The average Bonchev–Trinajstić information content (AvgIpc) is 2.78. The van der Waals surface area contributed by atoms with Crippen molar-refractivity contribution in [2.75, 3.05) is 36.1 Å². The normalized spacial score (nSPS) is 25.2. The second-order valence-electron chi connectivity index (χ2n) is 5.59. The van der Waals surface area contributed by atoms with Crippen LogP contribution in [0, 0.1) is 0 Å². The number of likely N-dealkylation sites (tertiary alicyclic amines) is 1. The van der Waals surface area contributed by atoms with Gasteiger partial charge in [0, 0.05) is 48.3 Å². The van der Waals surface area contributed by atoms with Crippen LogP contribution in [0.15, 0.2) is 24.4 Å². The molecule has 0 atom stereocenters. The number of thioether (sulfide) groups is 2. The molecule has 2 saturated heterocycles. The Balaban J connectivity index is 1.61. The van der Waals surface area contributed by atoms with Gasteiger partial charge in [-0.15, -0.1) is 0 Å². The highest BCUT2D eigenvalue weighted by molar-refractivity contribution is 8.03. The van der Waals surface area contributed by atoms with Crippen LogP contribution < -0.4 is 0 Å². The summed E-state index contributed by atoms with van der Waals surface area (Å²) in [4.78, 5) is 6.92. The predicted octanol–water partition coefficient (Wildman–Crippen LogP) is 2.21. The quantitative estimate of drug-likeness (QED) is 0.906. The molecule has 0 bridgehead atoms. The molecule has 3 heterocycles. The van der Waals surface area contributed by atoms with Gasteiger partial charge in [0.15, 0.2) is 0 Å². The lowest BCUT2D eigenvalue weighted by Gasteiger charge is -2.41. The van der Waals surface area contributed by atoms with Gasteiger partial charge in [0.2, 0.25) is 0 Å². The van der Waals surface area contributed by atoms with Crippen molar-refractivity contribution in [3.8, 4) is 0 Å². The molecule has 3 nitrogen and oxygen atoms in total. The highest BCUT2D eigenvalue weighted by Crippen LogP contribution is 2.33. The third-order valence-electron chi connectivity index (χ3n) is 4.28. The molecule has 2 aliphatic rings. The van der Waals surface area contributed by atoms with E-state index < -0.39 is 5.60 Å². The minimum atomic E-state index is -0.719. The molecular formula is C15H22N2OS2. The standard InChI is InChI=1S/C15H22N2OS2/c18-15(14-3-1-2-6-16-14)4-7-17(8-5-15)13-11-19-9-10-20-12-13/h1-3,6,13,18H,4-5,7-12H2. The third kappa shape index (κ3) is 3.32. The molecule has 20 heavy (non-hydrogen) atoms. The lowest BCUT2D eigenvalue weighted by atomic mass is 9.87. The number of hydrogen-bond acceptors (Lipinski definition) is 5. The molecule has 0 unspecified atom stereocenters. The van der Waals surface area contributed by atoms with Gasteiger partial charge >= 0.3 is 0 Å². The molecule has 1 aromatic heterocycles. The summed E-state index contributed by atoms with van der Waals surface area (Å²) in [5, 5.41) is 10.8. The fourth-order valence-electron chi connectivity index (χ4n) is 2.97. The van der Waals surface area contributed by atoms with E-state index in [4.69, 9.17) is 0 Å². The van der Waals surface area contributed by atoms with Gasteiger partial charge < -0.3 is 5.11 Å². The largest absolute Gasteiger partial charge is 0.383 e. The summed E-state index contributed by atoms with van der Waals surface area (Å²) in [6, 6.07) is 6.50. The lowest BCUT2D eigenvalue weighted by molar-refractivity contribution is -0.0348. The Hall–Kier alpha value is -0.230. The summed E-state index contributed by atoms with van der Waals surface area (Å²) in [5.74, 6) is 5.06. The molecule has 2 aliphatic heterocycles. The number of piperidine rings is 1. The van der Waals surface area contributed by atoms with Crippen molar-refractivity contribution in [1.29, 1.82) is 0 Å². The van der Waals surface area contributed by atoms with Gasteiger partial charge in [-0.25, -0.2) is 0 Å². The van der Waals surface area contributed by atoms with Crippen molar-refractivity contribution < 1.29 is 5.11 Å². The number of hydrogen-bond donors (Lipinski definition) is 1. The van der Waals surface area contributed by atoms with Crippen LogP contribution >= 0.6 is 23.5 Å². The van der Waals surface area contributed by atoms with Gasteiger partial charge in [-0.1, -0.05) is 6.07 Å². The van der Waals surface area contributed by atoms with Crippen LogP contribution in [0.1, 0.15) is 18.5 Å². The molecule has 2 fully saturated rings. The average molecular weight is 310 g/mol. The molecule has 0 spiro atoms. The van der Waals surface area contributed by atoms with E-state index in [-0.39, 0.29) is 0 Å². The zero-order valence-electron chi connectivity index (χ0n) is 11.7. The van der Waals surface area contributed by atoms with Gasteiger partial charge in [-0.2, -0.15) is 23.5 Å². The Labute approximate surface area is 129 Å². The zero-order valence-corrected chi connectivity index (χ0v) is 13.3. The Morgan fingerprint density at radius 2 is 1.85 bits per heavy atom. The van der Waals surface area contributed by atoms with Crippen molar-refractivity contribution in [1.82, 2.24) is 9.88 Å². The SMILES string of the molecule is OC1(c2ccccn2)CCN(C2CSCCSC2)CC1. The van der Waals surface area contributed by atoms with Crippen LogP contribution in [-0.2, 0) is 5.60 Å². The van der Waals surface area contributed by atoms with Crippen molar-refractivity contribution in [3.63, 3.8) is 0 Å². The maximum atomic E-state index is 10.8. The van der Waals surface area contributed by atoms with Crippen molar-refractivity contribution >= 4 is 23.5 Å². The van der Waals surface area contributed by atoms with Gasteiger partial charge in [0.05, 0.1) is 5.69 Å². The van der Waals surface area contributed by atoms with E-state index >= 15 is 0 Å². The van der Waals surface area contributed by atoms with Gasteiger partial charge in [-0.05, 0) is 25.0 Å². The molecule has 110 valence electrons. The summed E-state index contributed by atoms with van der Waals surface area (Å²) in [5.41, 5.74) is 0.118. The van der Waals surface area contributed by atoms with Crippen LogP contribution in [0.25, 0.3) is 0 Å². The first-order valence-corrected chi connectivity index (χ1v) is 9.62. The molecule has 0 aliphatic carbocycles. The molecular weight excluding hydrogens is 288 g/mol. The zero-order chi connectivity index (χ0) is 13.8. The van der Waals surface area contributed by atoms with Crippen molar-refractivity contribution in [2.45, 2.75) is 24.5 Å². The van der Waals surface area contributed by atoms with Gasteiger partial charge in [0.1, 0.15) is 5.60 Å². The van der Waals surface area contributed by atoms with E-state index in [0.29, 0.717) is 6.04 Å². The van der Waals surface area contributed by atoms with E-state index in [1.54, 1.807) is 6.20 Å². The molecule has 1 N–H and O–H groups in total. The number of aliphatic hydroxyl groups is 1. The van der Waals surface area contributed by atoms with Crippen molar-refractivity contribution in [2.24, 2.45) is 0 Å². The molecule has 0 saturated carbocycles. The van der Waals surface area contributed by atoms with E-state index in [9.17, 15) is 5.11 Å². The Morgan fingerprint density at radius 3 is 2.45 bits per heavy atom. The second kappa shape index (κ2) is 6.69. The molecule has 5 heteroatoms. The van der Waals surface area contributed by atoms with E-state index in [2.05, 4.69) is 33.4 Å². The maximum Gasteiger partial charge on any atom is 0.109 e. The smallest absolute Gasteiger partial charge is 0.109 e. The predicted molar refractivity (Wildman–Crippen MR) is 87.4 cm³/mol. The van der Waals surface area contributed by atoms with Gasteiger partial charge in [-0.3, -0.25) is 9.88 Å². The maximum absolute atomic E-state index is 10.8. The highest BCUT2D eigenvalue weighted by Gasteiger charge is 2.37. The molecule has 3 rings (SSSR count). The fourth-order valence-corrected chi connectivity index (χ4v) is 5.60. The second-order valence-corrected chi connectivity index (χ2v) is 7.89. The Kier molecular flexibility index (Phi) is 4.91. The summed E-state index contributed by atoms with van der Waals surface area (Å²) >= 11 is 4.15. The summed E-state index contributed by atoms with van der Waals surface area (Å²) in [6.07, 6.45) is 3.38.